The third-order valence-corrected chi connectivity index (χ3v) is 2.94. The van der Waals surface area contributed by atoms with Gasteiger partial charge in [0, 0.05) is 30.8 Å². The third-order valence-electron chi connectivity index (χ3n) is 2.94. The minimum atomic E-state index is -0.615. The maximum Gasteiger partial charge on any atom is 0.129 e. The van der Waals surface area contributed by atoms with Gasteiger partial charge in [0.2, 0.25) is 0 Å². The highest BCUT2D eigenvalue weighted by Gasteiger charge is 2.03. The lowest BCUT2D eigenvalue weighted by Gasteiger charge is -2.14. The Kier molecular flexibility index (Phi) is 7.41. The van der Waals surface area contributed by atoms with Crippen molar-refractivity contribution in [2.75, 3.05) is 13.2 Å². The molecule has 1 aromatic rings. The van der Waals surface area contributed by atoms with Crippen molar-refractivity contribution >= 4 is 0 Å². The van der Waals surface area contributed by atoms with Gasteiger partial charge >= 0.3 is 0 Å². The van der Waals surface area contributed by atoms with Gasteiger partial charge in [0.15, 0.2) is 0 Å². The van der Waals surface area contributed by atoms with Crippen LogP contribution < -0.4 is 10.1 Å². The van der Waals surface area contributed by atoms with Crippen molar-refractivity contribution in [2.45, 2.75) is 45.6 Å². The first kappa shape index (κ1) is 15.9. The van der Waals surface area contributed by atoms with Gasteiger partial charge < -0.3 is 10.1 Å². The summed E-state index contributed by atoms with van der Waals surface area (Å²) in [4.78, 5) is 0. The van der Waals surface area contributed by atoms with Gasteiger partial charge in [-0.1, -0.05) is 26.2 Å². The Morgan fingerprint density at radius 1 is 1.16 bits per heavy atom. The summed E-state index contributed by atoms with van der Waals surface area (Å²) >= 11 is 0. The number of benzene rings is 1. The molecule has 0 amide bonds. The van der Waals surface area contributed by atoms with Crippen LogP contribution in [0.3, 0.4) is 0 Å². The molecule has 108 valence electrons. The van der Waals surface area contributed by atoms with Crippen LogP contribution in [-0.2, 0) is 0 Å². The second-order valence-corrected chi connectivity index (χ2v) is 4.80. The van der Waals surface area contributed by atoms with Gasteiger partial charge in [-0.2, -0.15) is 0 Å². The molecule has 0 aromatic heterocycles. The number of halogens is 2. The van der Waals surface area contributed by atoms with E-state index in [4.69, 9.17) is 4.74 Å². The van der Waals surface area contributed by atoms with Gasteiger partial charge in [-0.05, 0) is 13.3 Å². The molecule has 0 radical (unpaired) electrons. The average Bonchev–Trinajstić information content (AvgIpc) is 2.34. The first-order valence-electron chi connectivity index (χ1n) is 6.94. The van der Waals surface area contributed by atoms with E-state index in [2.05, 4.69) is 19.2 Å². The quantitative estimate of drug-likeness (QED) is 0.688. The molecule has 1 unspecified atom stereocenters. The summed E-state index contributed by atoms with van der Waals surface area (Å²) in [5, 5.41) is 3.33. The molecule has 0 aliphatic carbocycles. The predicted molar refractivity (Wildman–Crippen MR) is 73.5 cm³/mol. The van der Waals surface area contributed by atoms with Gasteiger partial charge in [0.1, 0.15) is 24.0 Å². The van der Waals surface area contributed by atoms with E-state index in [1.165, 1.54) is 31.4 Å². The zero-order valence-corrected chi connectivity index (χ0v) is 11.7. The van der Waals surface area contributed by atoms with Crippen LogP contribution in [0.1, 0.15) is 39.5 Å². The Labute approximate surface area is 114 Å². The van der Waals surface area contributed by atoms with Gasteiger partial charge in [0.05, 0.1) is 0 Å². The van der Waals surface area contributed by atoms with Crippen LogP contribution in [0.4, 0.5) is 8.78 Å². The predicted octanol–water partition coefficient (Wildman–Crippen LogP) is 3.90. The summed E-state index contributed by atoms with van der Waals surface area (Å²) in [6.45, 7) is 5.40. The lowest BCUT2D eigenvalue weighted by molar-refractivity contribution is 0.301. The first-order chi connectivity index (χ1) is 9.11. The Bertz CT molecular complexity index is 351. The molecule has 0 aliphatic heterocycles. The molecular weight excluding hydrogens is 248 g/mol. The van der Waals surface area contributed by atoms with E-state index in [1.54, 1.807) is 0 Å². The first-order valence-corrected chi connectivity index (χ1v) is 6.94. The second-order valence-electron chi connectivity index (χ2n) is 4.80. The minimum absolute atomic E-state index is 0.234. The normalized spacial score (nSPS) is 12.4. The van der Waals surface area contributed by atoms with E-state index in [-0.39, 0.29) is 5.75 Å². The fraction of sp³-hybridized carbons (Fsp3) is 0.600. The molecule has 0 heterocycles. The summed E-state index contributed by atoms with van der Waals surface area (Å²) < 4.78 is 31.1. The molecule has 0 spiro atoms. The second kappa shape index (κ2) is 8.86. The standard InChI is InChI=1S/C15H23F2NO/c1-3-4-5-6-12(2)18-7-8-19-15-10-13(16)9-14(17)11-15/h9-12,18H,3-8H2,1-2H3. The molecule has 1 N–H and O–H groups in total. The molecule has 1 rings (SSSR count). The van der Waals surface area contributed by atoms with Crippen molar-refractivity contribution in [1.29, 1.82) is 0 Å². The molecule has 1 atom stereocenters. The van der Waals surface area contributed by atoms with Crippen LogP contribution in [0.2, 0.25) is 0 Å². The molecule has 19 heavy (non-hydrogen) atoms. The van der Waals surface area contributed by atoms with Crippen LogP contribution in [0.5, 0.6) is 5.75 Å². The molecular formula is C15H23F2NO. The van der Waals surface area contributed by atoms with E-state index < -0.39 is 11.6 Å². The lowest BCUT2D eigenvalue weighted by atomic mass is 10.1. The van der Waals surface area contributed by atoms with Crippen molar-refractivity contribution in [1.82, 2.24) is 5.32 Å². The smallest absolute Gasteiger partial charge is 0.129 e. The molecule has 0 bridgehead atoms. The topological polar surface area (TPSA) is 21.3 Å². The van der Waals surface area contributed by atoms with Crippen LogP contribution in [-0.4, -0.2) is 19.2 Å². The number of hydrogen-bond acceptors (Lipinski definition) is 2. The van der Waals surface area contributed by atoms with Crippen molar-refractivity contribution in [2.24, 2.45) is 0 Å². The van der Waals surface area contributed by atoms with Gasteiger partial charge in [-0.25, -0.2) is 8.78 Å². The van der Waals surface area contributed by atoms with E-state index in [0.717, 1.165) is 12.5 Å². The van der Waals surface area contributed by atoms with Crippen LogP contribution in [0, 0.1) is 11.6 Å². The Morgan fingerprint density at radius 3 is 2.47 bits per heavy atom. The number of ether oxygens (including phenoxy) is 1. The zero-order valence-electron chi connectivity index (χ0n) is 11.7. The highest BCUT2D eigenvalue weighted by molar-refractivity contribution is 5.23. The van der Waals surface area contributed by atoms with Crippen molar-refractivity contribution in [3.63, 3.8) is 0 Å². The minimum Gasteiger partial charge on any atom is -0.492 e. The Hall–Kier alpha value is -1.16. The average molecular weight is 271 g/mol. The van der Waals surface area contributed by atoms with E-state index in [9.17, 15) is 8.78 Å². The monoisotopic (exact) mass is 271 g/mol. The van der Waals surface area contributed by atoms with Crippen molar-refractivity contribution < 1.29 is 13.5 Å². The SMILES string of the molecule is CCCCCC(C)NCCOc1cc(F)cc(F)c1. The van der Waals surface area contributed by atoms with E-state index in [0.29, 0.717) is 19.2 Å². The number of hydrogen-bond donors (Lipinski definition) is 1. The van der Waals surface area contributed by atoms with Crippen molar-refractivity contribution in [3.8, 4) is 5.75 Å². The third kappa shape index (κ3) is 7.11. The molecule has 0 fully saturated rings. The number of unbranched alkanes of at least 4 members (excludes halogenated alkanes) is 2. The summed E-state index contributed by atoms with van der Waals surface area (Å²) in [5.41, 5.74) is 0. The largest absolute Gasteiger partial charge is 0.492 e. The number of rotatable bonds is 9. The summed E-state index contributed by atoms with van der Waals surface area (Å²) in [7, 11) is 0. The highest BCUT2D eigenvalue weighted by atomic mass is 19.1. The lowest BCUT2D eigenvalue weighted by Crippen LogP contribution is -2.30. The summed E-state index contributed by atoms with van der Waals surface area (Å²) in [6, 6.07) is 3.65. The molecule has 2 nitrogen and oxygen atoms in total. The van der Waals surface area contributed by atoms with Crippen molar-refractivity contribution in [3.05, 3.63) is 29.8 Å². The van der Waals surface area contributed by atoms with Crippen LogP contribution in [0.25, 0.3) is 0 Å². The fourth-order valence-corrected chi connectivity index (χ4v) is 1.89. The maximum absolute atomic E-state index is 12.9. The van der Waals surface area contributed by atoms with Gasteiger partial charge in [-0.15, -0.1) is 0 Å². The van der Waals surface area contributed by atoms with E-state index >= 15 is 0 Å². The van der Waals surface area contributed by atoms with Gasteiger partial charge in [0.25, 0.3) is 0 Å². The summed E-state index contributed by atoms with van der Waals surface area (Å²) in [5.74, 6) is -0.996. The number of nitrogens with one attached hydrogen (secondary N) is 1. The molecule has 0 saturated heterocycles. The molecule has 0 saturated carbocycles. The highest BCUT2D eigenvalue weighted by Crippen LogP contribution is 2.14. The van der Waals surface area contributed by atoms with E-state index in [1.807, 2.05) is 0 Å². The fourth-order valence-electron chi connectivity index (χ4n) is 1.89. The van der Waals surface area contributed by atoms with Crippen LogP contribution >= 0.6 is 0 Å². The molecule has 1 aromatic carbocycles. The molecule has 0 aliphatic rings. The zero-order chi connectivity index (χ0) is 14.1. The summed E-state index contributed by atoms with van der Waals surface area (Å²) in [6.07, 6.45) is 4.84. The molecule has 4 heteroatoms. The van der Waals surface area contributed by atoms with Crippen LogP contribution in [0.15, 0.2) is 18.2 Å². The maximum atomic E-state index is 12.9. The Balaban J connectivity index is 2.16. The Morgan fingerprint density at radius 2 is 1.84 bits per heavy atom. The van der Waals surface area contributed by atoms with Gasteiger partial charge in [-0.3, -0.25) is 0 Å².